The molecule has 0 aliphatic carbocycles. The number of hydrogen-bond donors (Lipinski definition) is 1. The van der Waals surface area contributed by atoms with E-state index in [1.807, 2.05) is 18.2 Å². The summed E-state index contributed by atoms with van der Waals surface area (Å²) in [4.78, 5) is 2.56. The minimum Gasteiger partial charge on any atom is -0.460 e. The van der Waals surface area contributed by atoms with Crippen molar-refractivity contribution in [1.82, 2.24) is 10.2 Å². The Morgan fingerprint density at radius 3 is 2.86 bits per heavy atom. The van der Waals surface area contributed by atoms with E-state index in [4.69, 9.17) is 4.42 Å². The predicted molar refractivity (Wildman–Crippen MR) is 86.1 cm³/mol. The van der Waals surface area contributed by atoms with Crippen LogP contribution in [0.15, 0.2) is 46.9 Å². The molecule has 1 aromatic carbocycles. The van der Waals surface area contributed by atoms with Gasteiger partial charge in [0.1, 0.15) is 11.5 Å². The first-order chi connectivity index (χ1) is 10.4. The van der Waals surface area contributed by atoms with E-state index in [0.29, 0.717) is 6.04 Å². The Bertz CT molecular complexity index is 549. The monoisotopic (exact) mass is 284 g/mol. The van der Waals surface area contributed by atoms with Crippen molar-refractivity contribution >= 4 is 0 Å². The van der Waals surface area contributed by atoms with Crippen molar-refractivity contribution in [1.29, 1.82) is 0 Å². The van der Waals surface area contributed by atoms with Gasteiger partial charge in [0, 0.05) is 18.2 Å². The Kier molecular flexibility index (Phi) is 4.73. The minimum absolute atomic E-state index is 0.693. The fourth-order valence-electron chi connectivity index (χ4n) is 3.14. The summed E-state index contributed by atoms with van der Waals surface area (Å²) in [6, 6.07) is 15.1. The molecule has 3 heteroatoms. The molecule has 3 rings (SSSR count). The van der Waals surface area contributed by atoms with Crippen LogP contribution in [0.25, 0.3) is 11.3 Å². The van der Waals surface area contributed by atoms with Crippen LogP contribution < -0.4 is 5.32 Å². The van der Waals surface area contributed by atoms with Gasteiger partial charge >= 0.3 is 0 Å². The zero-order chi connectivity index (χ0) is 14.5. The molecule has 21 heavy (non-hydrogen) atoms. The van der Waals surface area contributed by atoms with Gasteiger partial charge in [0.25, 0.3) is 0 Å². The van der Waals surface area contributed by atoms with Crippen molar-refractivity contribution in [2.24, 2.45) is 0 Å². The first-order valence-electron chi connectivity index (χ1n) is 7.95. The van der Waals surface area contributed by atoms with Gasteiger partial charge in [0.15, 0.2) is 0 Å². The molecule has 1 unspecified atom stereocenters. The molecule has 0 spiro atoms. The second-order valence-electron chi connectivity index (χ2n) is 5.69. The third-order valence-electron chi connectivity index (χ3n) is 4.30. The summed E-state index contributed by atoms with van der Waals surface area (Å²) < 4.78 is 5.91. The number of likely N-dealkylation sites (tertiary alicyclic amines) is 1. The van der Waals surface area contributed by atoms with Crippen LogP contribution in [0, 0.1) is 0 Å². The molecule has 1 saturated heterocycles. The van der Waals surface area contributed by atoms with Crippen LogP contribution in [0.2, 0.25) is 0 Å². The Morgan fingerprint density at radius 1 is 1.19 bits per heavy atom. The lowest BCUT2D eigenvalue weighted by Crippen LogP contribution is -2.37. The van der Waals surface area contributed by atoms with Crippen LogP contribution in [0.3, 0.4) is 0 Å². The van der Waals surface area contributed by atoms with Crippen LogP contribution in [0.4, 0.5) is 0 Å². The Hall–Kier alpha value is -1.58. The van der Waals surface area contributed by atoms with Crippen LogP contribution in [0.5, 0.6) is 0 Å². The van der Waals surface area contributed by atoms with E-state index < -0.39 is 0 Å². The first-order valence-corrected chi connectivity index (χ1v) is 7.95. The molecular formula is C18H24N2O. The highest BCUT2D eigenvalue weighted by Crippen LogP contribution is 2.21. The number of nitrogens with zero attached hydrogens (tertiary/aromatic N) is 1. The van der Waals surface area contributed by atoms with Crippen LogP contribution >= 0.6 is 0 Å². The van der Waals surface area contributed by atoms with Crippen LogP contribution in [0.1, 0.15) is 25.5 Å². The zero-order valence-corrected chi connectivity index (χ0v) is 12.7. The minimum atomic E-state index is 0.693. The Morgan fingerprint density at radius 2 is 2.05 bits per heavy atom. The number of hydrogen-bond acceptors (Lipinski definition) is 3. The lowest BCUT2D eigenvalue weighted by atomic mass is 10.2. The van der Waals surface area contributed by atoms with Gasteiger partial charge in [-0.2, -0.15) is 0 Å². The number of furan rings is 1. The molecule has 1 aliphatic rings. The van der Waals surface area contributed by atoms with E-state index in [0.717, 1.165) is 36.7 Å². The van der Waals surface area contributed by atoms with E-state index in [9.17, 15) is 0 Å². The van der Waals surface area contributed by atoms with E-state index in [1.165, 1.54) is 19.4 Å². The second kappa shape index (κ2) is 6.92. The van der Waals surface area contributed by atoms with Crippen molar-refractivity contribution < 1.29 is 4.42 Å². The van der Waals surface area contributed by atoms with Gasteiger partial charge in [-0.1, -0.05) is 37.3 Å². The predicted octanol–water partition coefficient (Wildman–Crippen LogP) is 3.52. The van der Waals surface area contributed by atoms with E-state index in [2.05, 4.69) is 41.4 Å². The average molecular weight is 284 g/mol. The van der Waals surface area contributed by atoms with Gasteiger partial charge < -0.3 is 9.73 Å². The van der Waals surface area contributed by atoms with Crippen molar-refractivity contribution in [3.8, 4) is 11.3 Å². The van der Waals surface area contributed by atoms with Gasteiger partial charge in [-0.3, -0.25) is 4.90 Å². The maximum atomic E-state index is 5.91. The third-order valence-corrected chi connectivity index (χ3v) is 4.30. The smallest absolute Gasteiger partial charge is 0.134 e. The quantitative estimate of drug-likeness (QED) is 0.879. The summed E-state index contributed by atoms with van der Waals surface area (Å²) in [7, 11) is 0. The van der Waals surface area contributed by atoms with E-state index in [1.54, 1.807) is 0 Å². The fourth-order valence-corrected chi connectivity index (χ4v) is 3.14. The maximum Gasteiger partial charge on any atom is 0.134 e. The Labute approximate surface area is 127 Å². The van der Waals surface area contributed by atoms with Gasteiger partial charge in [-0.05, 0) is 38.1 Å². The molecule has 112 valence electrons. The highest BCUT2D eigenvalue weighted by atomic mass is 16.3. The number of nitrogens with one attached hydrogen (secondary N) is 1. The molecule has 0 saturated carbocycles. The van der Waals surface area contributed by atoms with Crippen molar-refractivity contribution in [2.75, 3.05) is 19.6 Å². The van der Waals surface area contributed by atoms with Crippen molar-refractivity contribution in [3.63, 3.8) is 0 Å². The zero-order valence-electron chi connectivity index (χ0n) is 12.7. The maximum absolute atomic E-state index is 5.91. The third kappa shape index (κ3) is 3.55. The van der Waals surface area contributed by atoms with Crippen molar-refractivity contribution in [2.45, 2.75) is 32.4 Å². The standard InChI is InChI=1S/C18H24N2O/c1-2-20-12-6-9-16(20)13-19-14-17-10-11-18(21-17)15-7-4-3-5-8-15/h3-5,7-8,10-11,16,19H,2,6,9,12-14H2,1H3. The van der Waals surface area contributed by atoms with Crippen molar-refractivity contribution in [3.05, 3.63) is 48.2 Å². The van der Waals surface area contributed by atoms with Crippen LogP contribution in [-0.2, 0) is 6.54 Å². The summed E-state index contributed by atoms with van der Waals surface area (Å²) in [6.45, 7) is 6.51. The van der Waals surface area contributed by atoms with Gasteiger partial charge in [-0.15, -0.1) is 0 Å². The fraction of sp³-hybridized carbons (Fsp3) is 0.444. The molecule has 1 fully saturated rings. The van der Waals surface area contributed by atoms with Gasteiger partial charge in [0.05, 0.1) is 6.54 Å². The normalized spacial score (nSPS) is 19.2. The second-order valence-corrected chi connectivity index (χ2v) is 5.69. The molecule has 1 N–H and O–H groups in total. The molecular weight excluding hydrogens is 260 g/mol. The molecule has 1 atom stereocenters. The summed E-state index contributed by atoms with van der Waals surface area (Å²) in [5, 5.41) is 3.54. The Balaban J connectivity index is 1.51. The first kappa shape index (κ1) is 14.4. The SMILES string of the molecule is CCN1CCCC1CNCc1ccc(-c2ccccc2)o1. The summed E-state index contributed by atoms with van der Waals surface area (Å²) in [6.07, 6.45) is 2.65. The molecule has 1 aliphatic heterocycles. The largest absolute Gasteiger partial charge is 0.460 e. The van der Waals surface area contributed by atoms with E-state index >= 15 is 0 Å². The highest BCUT2D eigenvalue weighted by Gasteiger charge is 2.22. The summed E-state index contributed by atoms with van der Waals surface area (Å²) >= 11 is 0. The molecule has 3 nitrogen and oxygen atoms in total. The van der Waals surface area contributed by atoms with Gasteiger partial charge in [-0.25, -0.2) is 0 Å². The van der Waals surface area contributed by atoms with E-state index in [-0.39, 0.29) is 0 Å². The highest BCUT2D eigenvalue weighted by molar-refractivity contribution is 5.57. The summed E-state index contributed by atoms with van der Waals surface area (Å²) in [5.41, 5.74) is 1.14. The molecule has 1 aromatic heterocycles. The number of rotatable bonds is 6. The molecule has 0 bridgehead atoms. The summed E-state index contributed by atoms with van der Waals surface area (Å²) in [5.74, 6) is 1.96. The molecule has 0 radical (unpaired) electrons. The van der Waals surface area contributed by atoms with Gasteiger partial charge in [0.2, 0.25) is 0 Å². The molecule has 2 heterocycles. The molecule has 0 amide bonds. The molecule has 2 aromatic rings. The lowest BCUT2D eigenvalue weighted by molar-refractivity contribution is 0.258. The topological polar surface area (TPSA) is 28.4 Å². The lowest BCUT2D eigenvalue weighted by Gasteiger charge is -2.22. The number of benzene rings is 1. The number of likely N-dealkylation sites (N-methyl/N-ethyl adjacent to an activating group) is 1. The average Bonchev–Trinajstić information content (AvgIpc) is 3.17. The van der Waals surface area contributed by atoms with Crippen LogP contribution in [-0.4, -0.2) is 30.6 Å².